The van der Waals surface area contributed by atoms with Gasteiger partial charge in [0.2, 0.25) is 5.91 Å². The Bertz CT molecular complexity index is 463. The topological polar surface area (TPSA) is 83.8 Å². The van der Waals surface area contributed by atoms with Gasteiger partial charge in [0, 0.05) is 11.1 Å². The van der Waals surface area contributed by atoms with Gasteiger partial charge in [0.15, 0.2) is 0 Å². The molecule has 1 aromatic carbocycles. The van der Waals surface area contributed by atoms with Gasteiger partial charge in [-0.15, -0.1) is 0 Å². The van der Waals surface area contributed by atoms with Gasteiger partial charge in [0.05, 0.1) is 18.3 Å². The maximum Gasteiger partial charge on any atom is 0.236 e. The number of hydrogen-bond donors (Lipinski definition) is 3. The molecule has 2 aromatic rings. The number of aromatic nitrogens is 2. The quantitative estimate of drug-likeness (QED) is 0.657. The number of nitrogens with zero attached hydrogens (tertiary/aromatic N) is 1. The molecule has 0 spiro atoms. The Morgan fingerprint density at radius 2 is 2.43 bits per heavy atom. The largest absolute Gasteiger partial charge is 0.376 e. The molecule has 4 N–H and O–H groups in total. The Balaban J connectivity index is 2.21. The summed E-state index contributed by atoms with van der Waals surface area (Å²) in [5.74, 6) is -0.380. The highest BCUT2D eigenvalue weighted by atomic mass is 16.1. The number of carbonyl (C=O) groups excluding carboxylic acids is 1. The third kappa shape index (κ3) is 1.66. The average Bonchev–Trinajstić information content (AvgIpc) is 2.61. The number of primary amides is 1. The van der Waals surface area contributed by atoms with Crippen molar-refractivity contribution in [2.45, 2.75) is 0 Å². The Kier molecular flexibility index (Phi) is 2.06. The van der Waals surface area contributed by atoms with E-state index in [4.69, 9.17) is 5.73 Å². The van der Waals surface area contributed by atoms with E-state index < -0.39 is 0 Å². The van der Waals surface area contributed by atoms with Crippen molar-refractivity contribution in [2.24, 2.45) is 5.73 Å². The van der Waals surface area contributed by atoms with Crippen molar-refractivity contribution >= 4 is 22.5 Å². The summed E-state index contributed by atoms with van der Waals surface area (Å²) in [6.45, 7) is 0.139. The summed E-state index contributed by atoms with van der Waals surface area (Å²) in [4.78, 5) is 10.5. The third-order valence-electron chi connectivity index (χ3n) is 1.91. The van der Waals surface area contributed by atoms with Crippen LogP contribution in [0, 0.1) is 0 Å². The Labute approximate surface area is 80.3 Å². The van der Waals surface area contributed by atoms with Crippen LogP contribution in [0.15, 0.2) is 24.4 Å². The molecule has 1 aromatic heterocycles. The van der Waals surface area contributed by atoms with E-state index in [0.717, 1.165) is 16.6 Å². The van der Waals surface area contributed by atoms with Crippen LogP contribution in [0.25, 0.3) is 10.9 Å². The molecule has 1 heterocycles. The van der Waals surface area contributed by atoms with Crippen molar-refractivity contribution in [3.8, 4) is 0 Å². The molecule has 2 rings (SSSR count). The summed E-state index contributed by atoms with van der Waals surface area (Å²) in [5.41, 5.74) is 6.79. The highest BCUT2D eigenvalue weighted by molar-refractivity contribution is 5.83. The molecular weight excluding hydrogens is 180 g/mol. The van der Waals surface area contributed by atoms with E-state index in [1.165, 1.54) is 0 Å². The van der Waals surface area contributed by atoms with Crippen molar-refractivity contribution in [1.82, 2.24) is 10.2 Å². The lowest BCUT2D eigenvalue weighted by Crippen LogP contribution is -2.21. The van der Waals surface area contributed by atoms with Crippen LogP contribution in [0.5, 0.6) is 0 Å². The minimum absolute atomic E-state index is 0.139. The highest BCUT2D eigenvalue weighted by Gasteiger charge is 1.98. The number of amides is 1. The molecule has 0 saturated carbocycles. The first-order chi connectivity index (χ1) is 6.75. The fourth-order valence-electron chi connectivity index (χ4n) is 1.24. The van der Waals surface area contributed by atoms with Gasteiger partial charge in [0.25, 0.3) is 0 Å². The smallest absolute Gasteiger partial charge is 0.236 e. The maximum atomic E-state index is 10.5. The van der Waals surface area contributed by atoms with Crippen molar-refractivity contribution in [1.29, 1.82) is 0 Å². The lowest BCUT2D eigenvalue weighted by atomic mass is 10.2. The molecule has 1 amide bonds. The minimum atomic E-state index is -0.380. The lowest BCUT2D eigenvalue weighted by molar-refractivity contribution is -0.116. The van der Waals surface area contributed by atoms with E-state index in [-0.39, 0.29) is 12.5 Å². The molecular formula is C9H10N4O. The Morgan fingerprint density at radius 1 is 1.57 bits per heavy atom. The molecule has 5 heteroatoms. The van der Waals surface area contributed by atoms with E-state index in [0.29, 0.717) is 0 Å². The molecule has 0 radical (unpaired) electrons. The molecule has 0 aliphatic heterocycles. The molecule has 72 valence electrons. The molecule has 5 nitrogen and oxygen atoms in total. The number of fused-ring (bicyclic) bond motifs is 1. The number of nitrogens with one attached hydrogen (secondary N) is 2. The number of rotatable bonds is 3. The van der Waals surface area contributed by atoms with Crippen LogP contribution in [0.2, 0.25) is 0 Å². The number of benzene rings is 1. The molecule has 14 heavy (non-hydrogen) atoms. The predicted molar refractivity (Wildman–Crippen MR) is 53.8 cm³/mol. The van der Waals surface area contributed by atoms with Crippen LogP contribution < -0.4 is 11.1 Å². The van der Waals surface area contributed by atoms with Crippen LogP contribution in [-0.2, 0) is 4.79 Å². The number of hydrogen-bond acceptors (Lipinski definition) is 3. The first-order valence-corrected chi connectivity index (χ1v) is 4.21. The third-order valence-corrected chi connectivity index (χ3v) is 1.91. The van der Waals surface area contributed by atoms with E-state index >= 15 is 0 Å². The number of aromatic amines is 1. The molecule has 0 aliphatic carbocycles. The van der Waals surface area contributed by atoms with E-state index in [1.807, 2.05) is 18.2 Å². The zero-order valence-electron chi connectivity index (χ0n) is 7.45. The monoisotopic (exact) mass is 190 g/mol. The minimum Gasteiger partial charge on any atom is -0.376 e. The zero-order valence-corrected chi connectivity index (χ0v) is 7.45. The normalized spacial score (nSPS) is 10.3. The van der Waals surface area contributed by atoms with E-state index in [9.17, 15) is 4.79 Å². The number of H-pyrrole nitrogens is 1. The average molecular weight is 190 g/mol. The summed E-state index contributed by atoms with van der Waals surface area (Å²) in [7, 11) is 0. The van der Waals surface area contributed by atoms with Crippen molar-refractivity contribution < 1.29 is 4.79 Å². The molecule has 0 unspecified atom stereocenters. The van der Waals surface area contributed by atoms with Gasteiger partial charge in [-0.25, -0.2) is 0 Å². The predicted octanol–water partition coefficient (Wildman–Crippen LogP) is 0.460. The van der Waals surface area contributed by atoms with Gasteiger partial charge in [-0.1, -0.05) is 0 Å². The summed E-state index contributed by atoms with van der Waals surface area (Å²) in [6, 6.07) is 5.67. The van der Waals surface area contributed by atoms with Crippen LogP contribution in [0.3, 0.4) is 0 Å². The second kappa shape index (κ2) is 3.37. The fourth-order valence-corrected chi connectivity index (χ4v) is 1.24. The van der Waals surface area contributed by atoms with Gasteiger partial charge >= 0.3 is 0 Å². The van der Waals surface area contributed by atoms with Gasteiger partial charge in [-0.3, -0.25) is 9.89 Å². The van der Waals surface area contributed by atoms with E-state index in [2.05, 4.69) is 15.5 Å². The van der Waals surface area contributed by atoms with Crippen molar-refractivity contribution in [2.75, 3.05) is 11.9 Å². The highest BCUT2D eigenvalue weighted by Crippen LogP contribution is 2.15. The Hall–Kier alpha value is -2.04. The Morgan fingerprint density at radius 3 is 3.21 bits per heavy atom. The number of anilines is 1. The lowest BCUT2D eigenvalue weighted by Gasteiger charge is -2.02. The van der Waals surface area contributed by atoms with Gasteiger partial charge in [-0.05, 0) is 18.2 Å². The van der Waals surface area contributed by atoms with Crippen molar-refractivity contribution in [3.63, 3.8) is 0 Å². The second-order valence-electron chi connectivity index (χ2n) is 2.99. The molecule has 0 atom stereocenters. The first kappa shape index (κ1) is 8.55. The number of carbonyl (C=O) groups is 1. The summed E-state index contributed by atoms with van der Waals surface area (Å²) >= 11 is 0. The number of nitrogens with two attached hydrogens (primary N) is 1. The fraction of sp³-hybridized carbons (Fsp3) is 0.111. The zero-order chi connectivity index (χ0) is 9.97. The summed E-state index contributed by atoms with van der Waals surface area (Å²) < 4.78 is 0. The molecule has 0 aliphatic rings. The van der Waals surface area contributed by atoms with Gasteiger partial charge in [0.1, 0.15) is 0 Å². The van der Waals surface area contributed by atoms with Gasteiger partial charge in [-0.2, -0.15) is 5.10 Å². The van der Waals surface area contributed by atoms with Crippen LogP contribution in [0.1, 0.15) is 0 Å². The van der Waals surface area contributed by atoms with Crippen LogP contribution >= 0.6 is 0 Å². The SMILES string of the molecule is NC(=O)CNc1ccc2cn[nH]c2c1. The summed E-state index contributed by atoms with van der Waals surface area (Å²) in [5, 5.41) is 10.7. The van der Waals surface area contributed by atoms with E-state index in [1.54, 1.807) is 6.20 Å². The molecule has 0 fully saturated rings. The van der Waals surface area contributed by atoms with Crippen LogP contribution in [-0.4, -0.2) is 22.6 Å². The standard InChI is InChI=1S/C9H10N4O/c10-9(14)5-11-7-2-1-6-4-12-13-8(6)3-7/h1-4,11H,5H2,(H2,10,14)(H,12,13). The second-order valence-corrected chi connectivity index (χ2v) is 2.99. The van der Waals surface area contributed by atoms with Crippen LogP contribution in [0.4, 0.5) is 5.69 Å². The molecule has 0 saturated heterocycles. The maximum absolute atomic E-state index is 10.5. The van der Waals surface area contributed by atoms with Gasteiger partial charge < -0.3 is 11.1 Å². The summed E-state index contributed by atoms with van der Waals surface area (Å²) in [6.07, 6.45) is 1.74. The molecule has 0 bridgehead atoms. The first-order valence-electron chi connectivity index (χ1n) is 4.21. The van der Waals surface area contributed by atoms with Crippen molar-refractivity contribution in [3.05, 3.63) is 24.4 Å².